The quantitative estimate of drug-likeness (QED) is 0.508. The van der Waals surface area contributed by atoms with Gasteiger partial charge >= 0.3 is 0 Å². The molecule has 0 spiro atoms. The van der Waals surface area contributed by atoms with Crippen LogP contribution in [0.25, 0.3) is 0 Å². The standard InChI is InChI=1S/C7H12N2O/c8-5-1-6-3-7(2-5)9(6)4-10/h4-7H,1-3,8H2/t5?,6-,7?/m1/s1. The summed E-state index contributed by atoms with van der Waals surface area (Å²) in [6.07, 6.45) is 4.17. The maximum atomic E-state index is 10.4. The minimum absolute atomic E-state index is 0.347. The van der Waals surface area contributed by atoms with Crippen LogP contribution >= 0.6 is 0 Å². The van der Waals surface area contributed by atoms with E-state index in [4.69, 9.17) is 5.73 Å². The topological polar surface area (TPSA) is 46.3 Å². The zero-order valence-electron chi connectivity index (χ0n) is 5.86. The molecule has 0 aromatic heterocycles. The number of hydrogen-bond donors (Lipinski definition) is 1. The molecule has 2 N–H and O–H groups in total. The molecule has 10 heavy (non-hydrogen) atoms. The summed E-state index contributed by atoms with van der Waals surface area (Å²) in [5.41, 5.74) is 5.73. The maximum Gasteiger partial charge on any atom is 0.210 e. The molecule has 3 rings (SSSR count). The highest BCUT2D eigenvalue weighted by Gasteiger charge is 2.43. The molecule has 3 fully saturated rings. The normalized spacial score (nSPS) is 44.5. The number of carbonyl (C=O) groups excluding carboxylic acids is 1. The van der Waals surface area contributed by atoms with Crippen molar-refractivity contribution in [1.29, 1.82) is 0 Å². The van der Waals surface area contributed by atoms with E-state index in [1.807, 2.05) is 4.90 Å². The summed E-state index contributed by atoms with van der Waals surface area (Å²) in [5.74, 6) is 0. The van der Waals surface area contributed by atoms with Gasteiger partial charge in [0, 0.05) is 18.1 Å². The fraction of sp³-hybridized carbons (Fsp3) is 0.857. The van der Waals surface area contributed by atoms with Gasteiger partial charge in [-0.15, -0.1) is 0 Å². The number of hydrogen-bond acceptors (Lipinski definition) is 2. The van der Waals surface area contributed by atoms with E-state index in [-0.39, 0.29) is 0 Å². The molecule has 3 aliphatic rings. The first kappa shape index (κ1) is 6.16. The van der Waals surface area contributed by atoms with E-state index in [2.05, 4.69) is 0 Å². The second kappa shape index (κ2) is 1.95. The van der Waals surface area contributed by atoms with E-state index >= 15 is 0 Å². The molecular formula is C7H12N2O. The molecule has 1 aliphatic carbocycles. The van der Waals surface area contributed by atoms with Crippen molar-refractivity contribution in [2.45, 2.75) is 37.4 Å². The van der Waals surface area contributed by atoms with Crippen LogP contribution < -0.4 is 5.73 Å². The van der Waals surface area contributed by atoms with Crippen LogP contribution in [0.2, 0.25) is 0 Å². The van der Waals surface area contributed by atoms with E-state index in [0.29, 0.717) is 18.1 Å². The van der Waals surface area contributed by atoms with Gasteiger partial charge < -0.3 is 10.6 Å². The number of nitrogens with zero attached hydrogens (tertiary/aromatic N) is 1. The molecule has 56 valence electrons. The summed E-state index contributed by atoms with van der Waals surface area (Å²) in [5, 5.41) is 0. The Morgan fingerprint density at radius 1 is 1.30 bits per heavy atom. The third-order valence-electron chi connectivity index (χ3n) is 2.66. The third-order valence-corrected chi connectivity index (χ3v) is 2.66. The predicted molar refractivity (Wildman–Crippen MR) is 37.3 cm³/mol. The van der Waals surface area contributed by atoms with Crippen molar-refractivity contribution in [2.75, 3.05) is 0 Å². The van der Waals surface area contributed by atoms with Crippen LogP contribution in [0.4, 0.5) is 0 Å². The van der Waals surface area contributed by atoms with Gasteiger partial charge in [-0.3, -0.25) is 4.79 Å². The van der Waals surface area contributed by atoms with Crippen LogP contribution in [0.5, 0.6) is 0 Å². The monoisotopic (exact) mass is 140 g/mol. The van der Waals surface area contributed by atoms with E-state index in [1.54, 1.807) is 0 Å². The van der Waals surface area contributed by atoms with E-state index in [1.165, 1.54) is 6.42 Å². The van der Waals surface area contributed by atoms with Crippen molar-refractivity contribution in [3.8, 4) is 0 Å². The zero-order chi connectivity index (χ0) is 7.14. The number of piperidine rings is 1. The highest BCUT2D eigenvalue weighted by molar-refractivity contribution is 5.51. The summed E-state index contributed by atoms with van der Waals surface area (Å²) >= 11 is 0. The van der Waals surface area contributed by atoms with Crippen LogP contribution in [-0.2, 0) is 4.79 Å². The molecule has 3 nitrogen and oxygen atoms in total. The molecule has 2 unspecified atom stereocenters. The molecule has 2 saturated heterocycles. The van der Waals surface area contributed by atoms with Crippen LogP contribution in [0.3, 0.4) is 0 Å². The van der Waals surface area contributed by atoms with Crippen LogP contribution in [0.15, 0.2) is 0 Å². The number of amides is 1. The van der Waals surface area contributed by atoms with Gasteiger partial charge in [0.15, 0.2) is 0 Å². The van der Waals surface area contributed by atoms with E-state index in [9.17, 15) is 4.79 Å². The number of carbonyl (C=O) groups is 1. The molecular weight excluding hydrogens is 128 g/mol. The highest BCUT2D eigenvalue weighted by Crippen LogP contribution is 2.35. The molecule has 3 atom stereocenters. The lowest BCUT2D eigenvalue weighted by molar-refractivity contribution is -0.135. The summed E-state index contributed by atoms with van der Waals surface area (Å²) < 4.78 is 0. The predicted octanol–water partition coefficient (Wildman–Crippen LogP) is -0.293. The van der Waals surface area contributed by atoms with E-state index in [0.717, 1.165) is 19.3 Å². The Morgan fingerprint density at radius 3 is 2.40 bits per heavy atom. The fourth-order valence-electron chi connectivity index (χ4n) is 2.12. The van der Waals surface area contributed by atoms with Gasteiger partial charge in [0.1, 0.15) is 0 Å². The summed E-state index contributed by atoms with van der Waals surface area (Å²) in [6.45, 7) is 0. The summed E-state index contributed by atoms with van der Waals surface area (Å²) in [6, 6.07) is 1.30. The Hall–Kier alpha value is -0.570. The molecule has 1 saturated carbocycles. The molecule has 1 amide bonds. The highest BCUT2D eigenvalue weighted by atomic mass is 16.1. The first-order valence-electron chi connectivity index (χ1n) is 3.79. The van der Waals surface area contributed by atoms with Gasteiger partial charge in [-0.1, -0.05) is 0 Å². The van der Waals surface area contributed by atoms with E-state index < -0.39 is 0 Å². The van der Waals surface area contributed by atoms with Crippen molar-refractivity contribution in [2.24, 2.45) is 5.73 Å². The number of rotatable bonds is 1. The molecule has 0 aromatic rings. The summed E-state index contributed by atoms with van der Waals surface area (Å²) in [4.78, 5) is 12.3. The van der Waals surface area contributed by atoms with Crippen molar-refractivity contribution in [3.05, 3.63) is 0 Å². The first-order valence-corrected chi connectivity index (χ1v) is 3.79. The Labute approximate surface area is 60.2 Å². The Morgan fingerprint density at radius 2 is 1.90 bits per heavy atom. The molecule has 2 aliphatic heterocycles. The third kappa shape index (κ3) is 0.669. The molecule has 2 bridgehead atoms. The van der Waals surface area contributed by atoms with Crippen molar-refractivity contribution in [1.82, 2.24) is 4.90 Å². The van der Waals surface area contributed by atoms with Crippen molar-refractivity contribution < 1.29 is 4.79 Å². The lowest BCUT2D eigenvalue weighted by Crippen LogP contribution is -2.62. The average molecular weight is 140 g/mol. The Bertz CT molecular complexity index is 148. The van der Waals surface area contributed by atoms with Gasteiger partial charge in [-0.25, -0.2) is 0 Å². The minimum atomic E-state index is 0.347. The maximum absolute atomic E-state index is 10.4. The lowest BCUT2D eigenvalue weighted by Gasteiger charge is -2.52. The van der Waals surface area contributed by atoms with Gasteiger partial charge in [0.25, 0.3) is 0 Å². The second-order valence-electron chi connectivity index (χ2n) is 3.33. The van der Waals surface area contributed by atoms with Crippen LogP contribution in [0.1, 0.15) is 19.3 Å². The SMILES string of the molecule is NC1CC2C[C@@H](C1)N2C=O. The second-order valence-corrected chi connectivity index (χ2v) is 3.33. The zero-order valence-corrected chi connectivity index (χ0v) is 5.86. The molecule has 0 radical (unpaired) electrons. The fourth-order valence-corrected chi connectivity index (χ4v) is 2.12. The van der Waals surface area contributed by atoms with Crippen LogP contribution in [0, 0.1) is 0 Å². The Kier molecular flexibility index (Phi) is 1.20. The van der Waals surface area contributed by atoms with Crippen molar-refractivity contribution >= 4 is 6.41 Å². The minimum Gasteiger partial charge on any atom is -0.339 e. The largest absolute Gasteiger partial charge is 0.339 e. The first-order chi connectivity index (χ1) is 4.81. The smallest absolute Gasteiger partial charge is 0.210 e. The average Bonchev–Trinajstić information content (AvgIpc) is 1.87. The molecule has 3 heteroatoms. The van der Waals surface area contributed by atoms with Gasteiger partial charge in [-0.05, 0) is 19.3 Å². The molecule has 2 heterocycles. The number of nitrogens with two attached hydrogens (primary N) is 1. The lowest BCUT2D eigenvalue weighted by atomic mass is 9.78. The van der Waals surface area contributed by atoms with Crippen LogP contribution in [-0.4, -0.2) is 29.4 Å². The van der Waals surface area contributed by atoms with Gasteiger partial charge in [0.05, 0.1) is 0 Å². The summed E-state index contributed by atoms with van der Waals surface area (Å²) in [7, 11) is 0. The van der Waals surface area contributed by atoms with Gasteiger partial charge in [-0.2, -0.15) is 0 Å². The molecule has 0 aromatic carbocycles. The van der Waals surface area contributed by atoms with Crippen molar-refractivity contribution in [3.63, 3.8) is 0 Å². The number of fused-ring (bicyclic) bond motifs is 2. The Balaban J connectivity index is 2.02. The van der Waals surface area contributed by atoms with Gasteiger partial charge in [0.2, 0.25) is 6.41 Å².